The number of aromatic carboxylic acids is 1. The SMILES string of the molecule is O=C(O)c1ccccc1CN1CCCC1CO. The zero-order valence-electron chi connectivity index (χ0n) is 9.67. The van der Waals surface area contributed by atoms with Gasteiger partial charge in [-0.15, -0.1) is 0 Å². The number of aliphatic hydroxyl groups is 1. The van der Waals surface area contributed by atoms with Gasteiger partial charge in [-0.25, -0.2) is 4.79 Å². The molecule has 1 saturated heterocycles. The van der Waals surface area contributed by atoms with Crippen molar-refractivity contribution in [2.75, 3.05) is 13.2 Å². The summed E-state index contributed by atoms with van der Waals surface area (Å²) in [5, 5.41) is 18.3. The summed E-state index contributed by atoms with van der Waals surface area (Å²) >= 11 is 0. The van der Waals surface area contributed by atoms with Crippen molar-refractivity contribution in [3.05, 3.63) is 35.4 Å². The van der Waals surface area contributed by atoms with Crippen LogP contribution in [0.25, 0.3) is 0 Å². The van der Waals surface area contributed by atoms with Gasteiger partial charge in [0.15, 0.2) is 0 Å². The first-order valence-electron chi connectivity index (χ1n) is 5.88. The molecular weight excluding hydrogens is 218 g/mol. The number of hydrogen-bond acceptors (Lipinski definition) is 3. The molecule has 1 atom stereocenters. The van der Waals surface area contributed by atoms with Gasteiger partial charge in [0, 0.05) is 12.6 Å². The van der Waals surface area contributed by atoms with Crippen molar-refractivity contribution in [1.82, 2.24) is 4.90 Å². The summed E-state index contributed by atoms with van der Waals surface area (Å²) in [6, 6.07) is 7.24. The Kier molecular flexibility index (Phi) is 3.76. The lowest BCUT2D eigenvalue weighted by Gasteiger charge is -2.23. The van der Waals surface area contributed by atoms with E-state index in [0.29, 0.717) is 12.1 Å². The molecule has 0 bridgehead atoms. The van der Waals surface area contributed by atoms with Gasteiger partial charge in [0.2, 0.25) is 0 Å². The lowest BCUT2D eigenvalue weighted by molar-refractivity contribution is 0.0693. The fourth-order valence-electron chi connectivity index (χ4n) is 2.40. The third-order valence-electron chi connectivity index (χ3n) is 3.33. The third kappa shape index (κ3) is 2.65. The van der Waals surface area contributed by atoms with Gasteiger partial charge in [0.1, 0.15) is 0 Å². The Bertz CT molecular complexity index is 405. The van der Waals surface area contributed by atoms with Crippen LogP contribution in [0.15, 0.2) is 24.3 Å². The van der Waals surface area contributed by atoms with E-state index < -0.39 is 5.97 Å². The van der Waals surface area contributed by atoms with Crippen molar-refractivity contribution < 1.29 is 15.0 Å². The summed E-state index contributed by atoms with van der Waals surface area (Å²) < 4.78 is 0. The molecule has 4 heteroatoms. The van der Waals surface area contributed by atoms with Crippen molar-refractivity contribution in [3.63, 3.8) is 0 Å². The highest BCUT2D eigenvalue weighted by molar-refractivity contribution is 5.89. The van der Waals surface area contributed by atoms with Gasteiger partial charge >= 0.3 is 5.97 Å². The van der Waals surface area contributed by atoms with Crippen molar-refractivity contribution in [3.8, 4) is 0 Å². The molecule has 2 N–H and O–H groups in total. The quantitative estimate of drug-likeness (QED) is 0.826. The molecular formula is C13H17NO3. The molecule has 0 spiro atoms. The van der Waals surface area contributed by atoms with Gasteiger partial charge < -0.3 is 10.2 Å². The number of benzene rings is 1. The van der Waals surface area contributed by atoms with E-state index in [9.17, 15) is 9.90 Å². The van der Waals surface area contributed by atoms with E-state index in [1.807, 2.05) is 12.1 Å². The van der Waals surface area contributed by atoms with Gasteiger partial charge in [0.25, 0.3) is 0 Å². The van der Waals surface area contributed by atoms with E-state index in [4.69, 9.17) is 5.11 Å². The first-order valence-corrected chi connectivity index (χ1v) is 5.88. The molecule has 2 rings (SSSR count). The van der Waals surface area contributed by atoms with Crippen molar-refractivity contribution in [1.29, 1.82) is 0 Å². The molecule has 92 valence electrons. The van der Waals surface area contributed by atoms with Crippen LogP contribution in [0.4, 0.5) is 0 Å². The second-order valence-electron chi connectivity index (χ2n) is 4.41. The van der Waals surface area contributed by atoms with Crippen LogP contribution < -0.4 is 0 Å². The van der Waals surface area contributed by atoms with Gasteiger partial charge in [-0.2, -0.15) is 0 Å². The minimum atomic E-state index is -0.889. The van der Waals surface area contributed by atoms with Gasteiger partial charge in [0.05, 0.1) is 12.2 Å². The predicted molar refractivity (Wildman–Crippen MR) is 63.9 cm³/mol. The molecule has 0 amide bonds. The Hall–Kier alpha value is -1.39. The van der Waals surface area contributed by atoms with E-state index in [0.717, 1.165) is 24.9 Å². The number of aliphatic hydroxyl groups excluding tert-OH is 1. The zero-order chi connectivity index (χ0) is 12.3. The van der Waals surface area contributed by atoms with E-state index in [1.165, 1.54) is 0 Å². The maximum Gasteiger partial charge on any atom is 0.336 e. The number of carboxylic acids is 1. The molecule has 1 aromatic rings. The highest BCUT2D eigenvalue weighted by Crippen LogP contribution is 2.21. The van der Waals surface area contributed by atoms with Crippen LogP contribution in [0.5, 0.6) is 0 Å². The minimum Gasteiger partial charge on any atom is -0.478 e. The molecule has 1 aromatic carbocycles. The summed E-state index contributed by atoms with van der Waals surface area (Å²) in [6.45, 7) is 1.68. The highest BCUT2D eigenvalue weighted by Gasteiger charge is 2.24. The lowest BCUT2D eigenvalue weighted by Crippen LogP contribution is -2.32. The normalized spacial score (nSPS) is 20.6. The smallest absolute Gasteiger partial charge is 0.336 e. The number of likely N-dealkylation sites (tertiary alicyclic amines) is 1. The standard InChI is InChI=1S/C13H17NO3/c15-9-11-5-3-7-14(11)8-10-4-1-2-6-12(10)13(16)17/h1-2,4,6,11,15H,3,5,7-9H2,(H,16,17). The maximum absolute atomic E-state index is 11.1. The van der Waals surface area contributed by atoms with E-state index in [-0.39, 0.29) is 12.6 Å². The first-order chi connectivity index (χ1) is 8.22. The lowest BCUT2D eigenvalue weighted by atomic mass is 10.1. The van der Waals surface area contributed by atoms with Crippen LogP contribution in [-0.2, 0) is 6.54 Å². The summed E-state index contributed by atoms with van der Waals surface area (Å²) in [5.41, 5.74) is 1.18. The Morgan fingerprint density at radius 1 is 1.41 bits per heavy atom. The summed E-state index contributed by atoms with van der Waals surface area (Å²) in [4.78, 5) is 13.2. The van der Waals surface area contributed by atoms with Gasteiger partial charge in [-0.3, -0.25) is 4.90 Å². The van der Waals surface area contributed by atoms with E-state index in [1.54, 1.807) is 12.1 Å². The summed E-state index contributed by atoms with van der Waals surface area (Å²) in [7, 11) is 0. The van der Waals surface area contributed by atoms with E-state index in [2.05, 4.69) is 4.90 Å². The first kappa shape index (κ1) is 12.1. The molecule has 0 radical (unpaired) electrons. The Labute approximate surface area is 100 Å². The molecule has 1 unspecified atom stereocenters. The van der Waals surface area contributed by atoms with Crippen LogP contribution in [-0.4, -0.2) is 40.3 Å². The van der Waals surface area contributed by atoms with Crippen LogP contribution in [0, 0.1) is 0 Å². The molecule has 1 fully saturated rings. The molecule has 1 aliphatic rings. The van der Waals surface area contributed by atoms with Crippen molar-refractivity contribution >= 4 is 5.97 Å². The highest BCUT2D eigenvalue weighted by atomic mass is 16.4. The topological polar surface area (TPSA) is 60.8 Å². The average molecular weight is 235 g/mol. The third-order valence-corrected chi connectivity index (χ3v) is 3.33. The minimum absolute atomic E-state index is 0.148. The molecule has 0 aliphatic carbocycles. The fourth-order valence-corrected chi connectivity index (χ4v) is 2.40. The van der Waals surface area contributed by atoms with Crippen LogP contribution in [0.2, 0.25) is 0 Å². The van der Waals surface area contributed by atoms with Gasteiger partial charge in [-0.1, -0.05) is 18.2 Å². The Balaban J connectivity index is 2.15. The number of nitrogens with zero attached hydrogens (tertiary/aromatic N) is 1. The molecule has 1 aliphatic heterocycles. The van der Waals surface area contributed by atoms with Crippen molar-refractivity contribution in [2.45, 2.75) is 25.4 Å². The number of carboxylic acid groups (broad SMARTS) is 1. The average Bonchev–Trinajstić information content (AvgIpc) is 2.77. The fraction of sp³-hybridized carbons (Fsp3) is 0.462. The molecule has 4 nitrogen and oxygen atoms in total. The maximum atomic E-state index is 11.1. The number of hydrogen-bond donors (Lipinski definition) is 2. The summed E-state index contributed by atoms with van der Waals surface area (Å²) in [5.74, 6) is -0.889. The zero-order valence-corrected chi connectivity index (χ0v) is 9.67. The molecule has 0 saturated carbocycles. The summed E-state index contributed by atoms with van der Waals surface area (Å²) in [6.07, 6.45) is 2.06. The van der Waals surface area contributed by atoms with Crippen molar-refractivity contribution in [2.24, 2.45) is 0 Å². The Morgan fingerprint density at radius 2 is 2.18 bits per heavy atom. The second-order valence-corrected chi connectivity index (χ2v) is 4.41. The largest absolute Gasteiger partial charge is 0.478 e. The molecule has 17 heavy (non-hydrogen) atoms. The predicted octanol–water partition coefficient (Wildman–Crippen LogP) is 1.34. The van der Waals surface area contributed by atoms with E-state index >= 15 is 0 Å². The number of rotatable bonds is 4. The second kappa shape index (κ2) is 5.29. The molecule has 1 heterocycles. The molecule has 0 aromatic heterocycles. The number of carbonyl (C=O) groups is 1. The monoisotopic (exact) mass is 235 g/mol. The van der Waals surface area contributed by atoms with Gasteiger partial charge in [-0.05, 0) is 31.0 Å². The Morgan fingerprint density at radius 3 is 2.88 bits per heavy atom. The van der Waals surface area contributed by atoms with Crippen LogP contribution in [0.3, 0.4) is 0 Å². The van der Waals surface area contributed by atoms with Crippen LogP contribution in [0.1, 0.15) is 28.8 Å². The van der Waals surface area contributed by atoms with Crippen LogP contribution >= 0.6 is 0 Å².